The summed E-state index contributed by atoms with van der Waals surface area (Å²) in [5, 5.41) is 4.45. The first-order valence-electron chi connectivity index (χ1n) is 6.49. The molecule has 0 aliphatic carbocycles. The molecule has 3 heteroatoms. The maximum atomic E-state index is 5.82. The fourth-order valence-corrected chi connectivity index (χ4v) is 2.44. The molecule has 96 valence electrons. The lowest BCUT2D eigenvalue weighted by molar-refractivity contribution is 0.706. The first-order chi connectivity index (χ1) is 8.67. The molecule has 0 radical (unpaired) electrons. The van der Waals surface area contributed by atoms with Crippen LogP contribution in [0.1, 0.15) is 30.3 Å². The van der Waals surface area contributed by atoms with Crippen molar-refractivity contribution in [2.45, 2.75) is 33.2 Å². The fourth-order valence-electron chi connectivity index (χ4n) is 2.44. The Labute approximate surface area is 109 Å². The highest BCUT2D eigenvalue weighted by Gasteiger charge is 2.13. The van der Waals surface area contributed by atoms with Gasteiger partial charge in [0.1, 0.15) is 0 Å². The molecule has 0 fully saturated rings. The molecule has 0 amide bonds. The van der Waals surface area contributed by atoms with Crippen molar-refractivity contribution in [3.05, 3.63) is 41.2 Å². The van der Waals surface area contributed by atoms with Crippen molar-refractivity contribution in [1.29, 1.82) is 0 Å². The maximum absolute atomic E-state index is 5.82. The highest BCUT2D eigenvalue weighted by atomic mass is 15.3. The van der Waals surface area contributed by atoms with Gasteiger partial charge in [0.05, 0.1) is 11.4 Å². The van der Waals surface area contributed by atoms with E-state index in [-0.39, 0.29) is 0 Å². The van der Waals surface area contributed by atoms with Crippen LogP contribution >= 0.6 is 0 Å². The topological polar surface area (TPSA) is 43.8 Å². The Morgan fingerprint density at radius 2 is 1.89 bits per heavy atom. The first-order valence-corrected chi connectivity index (χ1v) is 6.49. The molecule has 0 aliphatic rings. The van der Waals surface area contributed by atoms with Gasteiger partial charge >= 0.3 is 0 Å². The van der Waals surface area contributed by atoms with Crippen molar-refractivity contribution < 1.29 is 0 Å². The maximum Gasteiger partial charge on any atom is 0.0675 e. The minimum Gasteiger partial charge on any atom is -0.325 e. The quantitative estimate of drug-likeness (QED) is 0.897. The molecule has 0 saturated carbocycles. The Bertz CT molecular complexity index is 523. The van der Waals surface area contributed by atoms with Crippen LogP contribution in [0.5, 0.6) is 0 Å². The van der Waals surface area contributed by atoms with Crippen molar-refractivity contribution in [2.24, 2.45) is 12.8 Å². The number of hydrogen-bond donors (Lipinski definition) is 1. The Kier molecular flexibility index (Phi) is 3.82. The molecule has 1 aromatic carbocycles. The summed E-state index contributed by atoms with van der Waals surface area (Å²) in [6.07, 6.45) is 2.31. The summed E-state index contributed by atoms with van der Waals surface area (Å²) in [7, 11) is 1.95. The second-order valence-corrected chi connectivity index (χ2v) is 4.68. The molecule has 0 aliphatic heterocycles. The Hall–Kier alpha value is -1.61. The van der Waals surface area contributed by atoms with E-state index in [0.717, 1.165) is 17.8 Å². The lowest BCUT2D eigenvalue weighted by Crippen LogP contribution is -2.05. The zero-order valence-electron chi connectivity index (χ0n) is 11.4. The average Bonchev–Trinajstić information content (AvgIpc) is 2.65. The Morgan fingerprint density at radius 3 is 2.44 bits per heavy atom. The third-order valence-corrected chi connectivity index (χ3v) is 3.32. The van der Waals surface area contributed by atoms with Crippen LogP contribution in [0.3, 0.4) is 0 Å². The molecule has 2 aromatic rings. The monoisotopic (exact) mass is 243 g/mol. The minimum atomic E-state index is 0.517. The molecule has 0 saturated heterocycles. The number of aromatic nitrogens is 2. The second-order valence-electron chi connectivity index (χ2n) is 4.68. The van der Waals surface area contributed by atoms with Crippen molar-refractivity contribution in [1.82, 2.24) is 9.78 Å². The molecular formula is C15H21N3. The molecule has 18 heavy (non-hydrogen) atoms. The van der Waals surface area contributed by atoms with E-state index in [0.29, 0.717) is 6.54 Å². The normalized spacial score (nSPS) is 10.9. The van der Waals surface area contributed by atoms with Crippen LogP contribution in [0, 0.1) is 6.92 Å². The molecule has 0 spiro atoms. The van der Waals surface area contributed by atoms with Gasteiger partial charge in [0.15, 0.2) is 0 Å². The van der Waals surface area contributed by atoms with Gasteiger partial charge < -0.3 is 5.73 Å². The number of nitrogens with zero attached hydrogens (tertiary/aromatic N) is 2. The van der Waals surface area contributed by atoms with E-state index < -0.39 is 0 Å². The molecule has 0 unspecified atom stereocenters. The molecule has 2 rings (SSSR count). The summed E-state index contributed by atoms with van der Waals surface area (Å²) in [6.45, 7) is 4.75. The smallest absolute Gasteiger partial charge is 0.0675 e. The average molecular weight is 243 g/mol. The van der Waals surface area contributed by atoms with Crippen molar-refractivity contribution >= 4 is 0 Å². The van der Waals surface area contributed by atoms with E-state index >= 15 is 0 Å². The van der Waals surface area contributed by atoms with Crippen LogP contribution in [0.15, 0.2) is 24.3 Å². The zero-order valence-corrected chi connectivity index (χ0v) is 11.4. The van der Waals surface area contributed by atoms with E-state index in [1.165, 1.54) is 23.1 Å². The predicted octanol–water partition coefficient (Wildman–Crippen LogP) is 2.81. The van der Waals surface area contributed by atoms with Gasteiger partial charge in [0.25, 0.3) is 0 Å². The van der Waals surface area contributed by atoms with E-state index in [1.807, 2.05) is 18.7 Å². The Balaban J connectivity index is 2.42. The van der Waals surface area contributed by atoms with Crippen LogP contribution < -0.4 is 5.73 Å². The van der Waals surface area contributed by atoms with Gasteiger partial charge in [-0.05, 0) is 24.5 Å². The summed E-state index contributed by atoms with van der Waals surface area (Å²) in [4.78, 5) is 0. The summed E-state index contributed by atoms with van der Waals surface area (Å²) in [5.41, 5.74) is 11.7. The van der Waals surface area contributed by atoms with E-state index in [2.05, 4.69) is 36.3 Å². The van der Waals surface area contributed by atoms with Gasteiger partial charge in [0, 0.05) is 19.2 Å². The third-order valence-electron chi connectivity index (χ3n) is 3.32. The molecular weight excluding hydrogens is 222 g/mol. The standard InChI is InChI=1S/C15H21N3/c1-4-5-12-6-8-13(9-7-12)15-11(2)17-18(3)14(15)10-16/h6-9H,4-5,10,16H2,1-3H3. The highest BCUT2D eigenvalue weighted by molar-refractivity contribution is 5.68. The SMILES string of the molecule is CCCc1ccc(-c2c(C)nn(C)c2CN)cc1. The van der Waals surface area contributed by atoms with E-state index in [4.69, 9.17) is 5.73 Å². The summed E-state index contributed by atoms with van der Waals surface area (Å²) in [6, 6.07) is 8.75. The number of aryl methyl sites for hydroxylation is 3. The zero-order chi connectivity index (χ0) is 13.1. The van der Waals surface area contributed by atoms with Gasteiger partial charge in [-0.3, -0.25) is 4.68 Å². The van der Waals surface area contributed by atoms with Crippen LogP contribution in [0.4, 0.5) is 0 Å². The Morgan fingerprint density at radius 1 is 1.22 bits per heavy atom. The number of nitrogens with two attached hydrogens (primary N) is 1. The van der Waals surface area contributed by atoms with Crippen molar-refractivity contribution in [3.63, 3.8) is 0 Å². The van der Waals surface area contributed by atoms with Gasteiger partial charge in [-0.25, -0.2) is 0 Å². The van der Waals surface area contributed by atoms with Crippen LogP contribution in [-0.2, 0) is 20.0 Å². The van der Waals surface area contributed by atoms with E-state index in [9.17, 15) is 0 Å². The lowest BCUT2D eigenvalue weighted by Gasteiger charge is -2.06. The fraction of sp³-hybridized carbons (Fsp3) is 0.400. The minimum absolute atomic E-state index is 0.517. The number of rotatable bonds is 4. The molecule has 0 bridgehead atoms. The lowest BCUT2D eigenvalue weighted by atomic mass is 10.0. The molecule has 0 atom stereocenters. The summed E-state index contributed by atoms with van der Waals surface area (Å²) < 4.78 is 1.88. The number of hydrogen-bond acceptors (Lipinski definition) is 2. The third kappa shape index (κ3) is 2.31. The van der Waals surface area contributed by atoms with Gasteiger partial charge in [-0.1, -0.05) is 37.6 Å². The largest absolute Gasteiger partial charge is 0.325 e. The number of benzene rings is 1. The first kappa shape index (κ1) is 12.8. The van der Waals surface area contributed by atoms with Crippen LogP contribution in [0.2, 0.25) is 0 Å². The summed E-state index contributed by atoms with van der Waals surface area (Å²) >= 11 is 0. The van der Waals surface area contributed by atoms with E-state index in [1.54, 1.807) is 0 Å². The van der Waals surface area contributed by atoms with Gasteiger partial charge in [-0.2, -0.15) is 5.10 Å². The van der Waals surface area contributed by atoms with Gasteiger partial charge in [-0.15, -0.1) is 0 Å². The predicted molar refractivity (Wildman–Crippen MR) is 75.3 cm³/mol. The summed E-state index contributed by atoms with van der Waals surface area (Å²) in [5.74, 6) is 0. The molecule has 2 N–H and O–H groups in total. The van der Waals surface area contributed by atoms with Crippen LogP contribution in [0.25, 0.3) is 11.1 Å². The molecule has 3 nitrogen and oxygen atoms in total. The second kappa shape index (κ2) is 5.36. The van der Waals surface area contributed by atoms with Crippen molar-refractivity contribution in [3.8, 4) is 11.1 Å². The highest BCUT2D eigenvalue weighted by Crippen LogP contribution is 2.27. The molecule has 1 heterocycles. The van der Waals surface area contributed by atoms with Crippen molar-refractivity contribution in [2.75, 3.05) is 0 Å². The molecule has 1 aromatic heterocycles. The van der Waals surface area contributed by atoms with Gasteiger partial charge in [0.2, 0.25) is 0 Å². The van der Waals surface area contributed by atoms with Crippen LogP contribution in [-0.4, -0.2) is 9.78 Å².